The highest BCUT2D eigenvalue weighted by molar-refractivity contribution is 5.42. The van der Waals surface area contributed by atoms with Gasteiger partial charge in [0.2, 0.25) is 0 Å². The highest BCUT2D eigenvalue weighted by atomic mass is 16.3. The van der Waals surface area contributed by atoms with Gasteiger partial charge in [-0.3, -0.25) is 0 Å². The standard InChI is InChI=1S/C15H25N3O/c1-3-16-12(2)14-6-7-17-15(9-14)18-8-4-5-13(10-18)11-19/h6-7,9,12-13,16,19H,3-5,8,10-11H2,1-2H3. The average molecular weight is 263 g/mol. The zero-order valence-corrected chi connectivity index (χ0v) is 12.0. The zero-order chi connectivity index (χ0) is 13.7. The van der Waals surface area contributed by atoms with Gasteiger partial charge in [0.05, 0.1) is 0 Å². The number of piperidine rings is 1. The minimum Gasteiger partial charge on any atom is -0.396 e. The van der Waals surface area contributed by atoms with Crippen molar-refractivity contribution >= 4 is 5.82 Å². The molecule has 2 N–H and O–H groups in total. The molecule has 4 nitrogen and oxygen atoms in total. The van der Waals surface area contributed by atoms with Crippen LogP contribution < -0.4 is 10.2 Å². The fourth-order valence-corrected chi connectivity index (χ4v) is 2.72. The van der Waals surface area contributed by atoms with E-state index in [9.17, 15) is 5.11 Å². The third-order valence-electron chi connectivity index (χ3n) is 3.88. The summed E-state index contributed by atoms with van der Waals surface area (Å²) in [6.45, 7) is 7.51. The van der Waals surface area contributed by atoms with Crippen LogP contribution in [0.4, 0.5) is 5.82 Å². The SMILES string of the molecule is CCNC(C)c1ccnc(N2CCCC(CO)C2)c1. The lowest BCUT2D eigenvalue weighted by molar-refractivity contribution is 0.208. The maximum Gasteiger partial charge on any atom is 0.128 e. The quantitative estimate of drug-likeness (QED) is 0.852. The number of rotatable bonds is 5. The van der Waals surface area contributed by atoms with Gasteiger partial charge in [0.25, 0.3) is 0 Å². The second-order valence-electron chi connectivity index (χ2n) is 5.36. The highest BCUT2D eigenvalue weighted by Crippen LogP contribution is 2.23. The van der Waals surface area contributed by atoms with E-state index in [1.807, 2.05) is 6.20 Å². The fraction of sp³-hybridized carbons (Fsp3) is 0.667. The number of hydrogen-bond acceptors (Lipinski definition) is 4. The number of aliphatic hydroxyl groups excluding tert-OH is 1. The van der Waals surface area contributed by atoms with Gasteiger partial charge >= 0.3 is 0 Å². The predicted octanol–water partition coefficient (Wildman–Crippen LogP) is 1.96. The second-order valence-corrected chi connectivity index (χ2v) is 5.36. The van der Waals surface area contributed by atoms with Crippen LogP contribution in [0.15, 0.2) is 18.3 Å². The third-order valence-corrected chi connectivity index (χ3v) is 3.88. The lowest BCUT2D eigenvalue weighted by Gasteiger charge is -2.33. The first kappa shape index (κ1) is 14.3. The summed E-state index contributed by atoms with van der Waals surface area (Å²) in [5.41, 5.74) is 1.28. The van der Waals surface area contributed by atoms with Crippen LogP contribution in [0.2, 0.25) is 0 Å². The van der Waals surface area contributed by atoms with Crippen LogP contribution >= 0.6 is 0 Å². The molecule has 106 valence electrons. The molecule has 1 aliphatic rings. The Morgan fingerprint density at radius 1 is 1.58 bits per heavy atom. The molecule has 0 aliphatic carbocycles. The van der Waals surface area contributed by atoms with Gasteiger partial charge in [0.1, 0.15) is 5.82 Å². The lowest BCUT2D eigenvalue weighted by atomic mass is 9.99. The Morgan fingerprint density at radius 2 is 2.42 bits per heavy atom. The van der Waals surface area contributed by atoms with Crippen molar-refractivity contribution in [3.8, 4) is 0 Å². The van der Waals surface area contributed by atoms with Gasteiger partial charge in [-0.15, -0.1) is 0 Å². The second kappa shape index (κ2) is 6.87. The summed E-state index contributed by atoms with van der Waals surface area (Å²) < 4.78 is 0. The molecule has 0 bridgehead atoms. The summed E-state index contributed by atoms with van der Waals surface area (Å²) in [6, 6.07) is 4.60. The molecule has 1 aromatic rings. The Kier molecular flexibility index (Phi) is 5.16. The summed E-state index contributed by atoms with van der Waals surface area (Å²) in [5, 5.41) is 12.7. The van der Waals surface area contributed by atoms with E-state index >= 15 is 0 Å². The van der Waals surface area contributed by atoms with Gasteiger partial charge in [-0.05, 0) is 49.9 Å². The van der Waals surface area contributed by atoms with E-state index in [-0.39, 0.29) is 6.61 Å². The van der Waals surface area contributed by atoms with E-state index in [0.29, 0.717) is 12.0 Å². The van der Waals surface area contributed by atoms with Crippen molar-refractivity contribution in [1.29, 1.82) is 0 Å². The van der Waals surface area contributed by atoms with Crippen LogP contribution in [0.3, 0.4) is 0 Å². The molecule has 1 saturated heterocycles. The van der Waals surface area contributed by atoms with Crippen LogP contribution in [0.5, 0.6) is 0 Å². The van der Waals surface area contributed by atoms with Crippen molar-refractivity contribution < 1.29 is 5.11 Å². The van der Waals surface area contributed by atoms with Crippen molar-refractivity contribution in [2.75, 3.05) is 31.1 Å². The molecule has 0 aromatic carbocycles. The first-order valence-corrected chi connectivity index (χ1v) is 7.29. The largest absolute Gasteiger partial charge is 0.396 e. The smallest absolute Gasteiger partial charge is 0.128 e. The summed E-state index contributed by atoms with van der Waals surface area (Å²) in [7, 11) is 0. The number of anilines is 1. The predicted molar refractivity (Wildman–Crippen MR) is 78.4 cm³/mol. The Morgan fingerprint density at radius 3 is 3.16 bits per heavy atom. The maximum atomic E-state index is 9.31. The van der Waals surface area contributed by atoms with Crippen molar-refractivity contribution in [2.24, 2.45) is 5.92 Å². The Hall–Kier alpha value is -1.13. The topological polar surface area (TPSA) is 48.4 Å². The normalized spacial score (nSPS) is 21.4. The van der Waals surface area contributed by atoms with Crippen LogP contribution in [-0.4, -0.2) is 36.3 Å². The van der Waals surface area contributed by atoms with Crippen molar-refractivity contribution in [1.82, 2.24) is 10.3 Å². The van der Waals surface area contributed by atoms with E-state index in [1.165, 1.54) is 5.56 Å². The average Bonchev–Trinajstić information content (AvgIpc) is 2.48. The minimum atomic E-state index is 0.282. The lowest BCUT2D eigenvalue weighted by Crippen LogP contribution is -2.37. The van der Waals surface area contributed by atoms with E-state index in [2.05, 4.69) is 41.2 Å². The third kappa shape index (κ3) is 3.67. The van der Waals surface area contributed by atoms with E-state index in [4.69, 9.17) is 0 Å². The molecule has 0 amide bonds. The van der Waals surface area contributed by atoms with Gasteiger partial charge in [-0.25, -0.2) is 4.98 Å². The van der Waals surface area contributed by atoms with Crippen molar-refractivity contribution in [3.63, 3.8) is 0 Å². The van der Waals surface area contributed by atoms with Crippen LogP contribution in [0, 0.1) is 5.92 Å². The molecule has 1 fully saturated rings. The van der Waals surface area contributed by atoms with Crippen LogP contribution in [0.1, 0.15) is 38.3 Å². The first-order valence-electron chi connectivity index (χ1n) is 7.29. The number of pyridine rings is 1. The first-order chi connectivity index (χ1) is 9.24. The monoisotopic (exact) mass is 263 g/mol. The molecular formula is C15H25N3O. The molecule has 4 heteroatoms. The summed E-state index contributed by atoms with van der Waals surface area (Å²) in [6.07, 6.45) is 4.15. The zero-order valence-electron chi connectivity index (χ0n) is 12.0. The van der Waals surface area contributed by atoms with Gasteiger partial charge < -0.3 is 15.3 Å². The fourth-order valence-electron chi connectivity index (χ4n) is 2.72. The molecule has 0 saturated carbocycles. The van der Waals surface area contributed by atoms with E-state index < -0.39 is 0 Å². The Labute approximate surface area is 115 Å². The van der Waals surface area contributed by atoms with Gasteiger partial charge in [0.15, 0.2) is 0 Å². The molecule has 1 aliphatic heterocycles. The molecule has 0 radical (unpaired) electrons. The van der Waals surface area contributed by atoms with E-state index in [1.54, 1.807) is 0 Å². The Bertz CT molecular complexity index is 397. The van der Waals surface area contributed by atoms with Crippen molar-refractivity contribution in [3.05, 3.63) is 23.9 Å². The van der Waals surface area contributed by atoms with E-state index in [0.717, 1.165) is 38.3 Å². The summed E-state index contributed by atoms with van der Waals surface area (Å²) in [5.74, 6) is 1.44. The van der Waals surface area contributed by atoms with Gasteiger partial charge in [-0.2, -0.15) is 0 Å². The van der Waals surface area contributed by atoms with Gasteiger partial charge in [-0.1, -0.05) is 6.92 Å². The molecular weight excluding hydrogens is 238 g/mol. The summed E-state index contributed by atoms with van der Waals surface area (Å²) in [4.78, 5) is 6.79. The number of nitrogens with zero attached hydrogens (tertiary/aromatic N) is 2. The molecule has 2 heterocycles. The van der Waals surface area contributed by atoms with Gasteiger partial charge in [0, 0.05) is 31.9 Å². The number of hydrogen-bond donors (Lipinski definition) is 2. The molecule has 2 unspecified atom stereocenters. The molecule has 1 aromatic heterocycles. The molecule has 2 atom stereocenters. The van der Waals surface area contributed by atoms with Crippen LogP contribution in [0.25, 0.3) is 0 Å². The minimum absolute atomic E-state index is 0.282. The Balaban J connectivity index is 2.09. The highest BCUT2D eigenvalue weighted by Gasteiger charge is 2.20. The number of aliphatic hydroxyl groups is 1. The molecule has 2 rings (SSSR count). The number of nitrogens with one attached hydrogen (secondary N) is 1. The van der Waals surface area contributed by atoms with Crippen molar-refractivity contribution in [2.45, 2.75) is 32.7 Å². The summed E-state index contributed by atoms with van der Waals surface area (Å²) >= 11 is 0. The maximum absolute atomic E-state index is 9.31. The molecule has 0 spiro atoms. The van der Waals surface area contributed by atoms with Crippen LogP contribution in [-0.2, 0) is 0 Å². The molecule has 19 heavy (non-hydrogen) atoms. The number of aromatic nitrogens is 1.